The molecule has 0 atom stereocenters. The standard InChI is InChI=1S/C17H28FNO2/c1-6-9-19-12-17(2,3)8-7-13-10-15(20-4)16(21-5)11-14(13)18/h10-11,19H,6-9,12H2,1-5H3. The first kappa shape index (κ1) is 17.8. The van der Waals surface area contributed by atoms with Gasteiger partial charge in [-0.2, -0.15) is 0 Å². The van der Waals surface area contributed by atoms with Crippen LogP contribution in [0.4, 0.5) is 4.39 Å². The lowest BCUT2D eigenvalue weighted by Crippen LogP contribution is -2.30. The van der Waals surface area contributed by atoms with Gasteiger partial charge in [-0.15, -0.1) is 0 Å². The second-order valence-electron chi connectivity index (χ2n) is 6.14. The average Bonchev–Trinajstić information content (AvgIpc) is 2.45. The molecule has 0 heterocycles. The largest absolute Gasteiger partial charge is 0.493 e. The van der Waals surface area contributed by atoms with Gasteiger partial charge in [0.05, 0.1) is 14.2 Å². The molecule has 0 unspecified atom stereocenters. The van der Waals surface area contributed by atoms with Crippen LogP contribution in [-0.4, -0.2) is 27.3 Å². The van der Waals surface area contributed by atoms with E-state index in [-0.39, 0.29) is 11.2 Å². The Morgan fingerprint density at radius 3 is 2.33 bits per heavy atom. The SMILES string of the molecule is CCCNCC(C)(C)CCc1cc(OC)c(OC)cc1F. The van der Waals surface area contributed by atoms with Gasteiger partial charge in [0, 0.05) is 12.6 Å². The van der Waals surface area contributed by atoms with E-state index in [2.05, 4.69) is 26.1 Å². The Labute approximate surface area is 127 Å². The summed E-state index contributed by atoms with van der Waals surface area (Å²) in [6.07, 6.45) is 2.73. The zero-order valence-corrected chi connectivity index (χ0v) is 13.9. The predicted molar refractivity (Wildman–Crippen MR) is 84.8 cm³/mol. The van der Waals surface area contributed by atoms with E-state index >= 15 is 0 Å². The first-order valence-electron chi connectivity index (χ1n) is 7.54. The second-order valence-corrected chi connectivity index (χ2v) is 6.14. The molecule has 0 bridgehead atoms. The highest BCUT2D eigenvalue weighted by atomic mass is 19.1. The fourth-order valence-corrected chi connectivity index (χ4v) is 2.25. The smallest absolute Gasteiger partial charge is 0.163 e. The molecule has 0 saturated heterocycles. The van der Waals surface area contributed by atoms with Crippen molar-refractivity contribution < 1.29 is 13.9 Å². The average molecular weight is 297 g/mol. The van der Waals surface area contributed by atoms with E-state index in [4.69, 9.17) is 9.47 Å². The van der Waals surface area contributed by atoms with Gasteiger partial charge in [-0.3, -0.25) is 0 Å². The quantitative estimate of drug-likeness (QED) is 0.703. The molecule has 120 valence electrons. The van der Waals surface area contributed by atoms with E-state index in [1.165, 1.54) is 13.2 Å². The fraction of sp³-hybridized carbons (Fsp3) is 0.647. The first-order chi connectivity index (χ1) is 9.93. The molecule has 1 N–H and O–H groups in total. The van der Waals surface area contributed by atoms with Crippen molar-refractivity contribution in [1.29, 1.82) is 0 Å². The molecule has 1 aromatic carbocycles. The number of halogens is 1. The molecule has 0 aliphatic carbocycles. The maximum atomic E-state index is 14.1. The van der Waals surface area contributed by atoms with Crippen molar-refractivity contribution >= 4 is 0 Å². The van der Waals surface area contributed by atoms with Gasteiger partial charge in [-0.1, -0.05) is 20.8 Å². The maximum Gasteiger partial charge on any atom is 0.163 e. The lowest BCUT2D eigenvalue weighted by molar-refractivity contribution is 0.312. The van der Waals surface area contributed by atoms with Gasteiger partial charge in [0.2, 0.25) is 0 Å². The molecule has 0 spiro atoms. The van der Waals surface area contributed by atoms with Crippen LogP contribution in [0.3, 0.4) is 0 Å². The third-order valence-electron chi connectivity index (χ3n) is 3.65. The Morgan fingerprint density at radius 2 is 1.76 bits per heavy atom. The van der Waals surface area contributed by atoms with Crippen LogP contribution in [0.1, 0.15) is 39.2 Å². The van der Waals surface area contributed by atoms with E-state index in [9.17, 15) is 4.39 Å². The Kier molecular flexibility index (Phi) is 6.96. The number of ether oxygens (including phenoxy) is 2. The summed E-state index contributed by atoms with van der Waals surface area (Å²) in [6, 6.07) is 3.14. The summed E-state index contributed by atoms with van der Waals surface area (Å²) in [5, 5.41) is 3.43. The zero-order chi connectivity index (χ0) is 15.9. The monoisotopic (exact) mass is 297 g/mol. The molecule has 0 aliphatic heterocycles. The molecule has 4 heteroatoms. The Bertz CT molecular complexity index is 447. The number of aryl methyl sites for hydroxylation is 1. The highest BCUT2D eigenvalue weighted by Crippen LogP contribution is 2.32. The summed E-state index contributed by atoms with van der Waals surface area (Å²) in [5.41, 5.74) is 0.811. The van der Waals surface area contributed by atoms with Crippen molar-refractivity contribution in [2.24, 2.45) is 5.41 Å². The number of benzene rings is 1. The summed E-state index contributed by atoms with van der Waals surface area (Å²) in [5.74, 6) is 0.781. The van der Waals surface area contributed by atoms with E-state index in [1.807, 2.05) is 0 Å². The van der Waals surface area contributed by atoms with Crippen LogP contribution in [-0.2, 0) is 6.42 Å². The van der Waals surface area contributed by atoms with Gasteiger partial charge in [0.25, 0.3) is 0 Å². The lowest BCUT2D eigenvalue weighted by Gasteiger charge is -2.25. The van der Waals surface area contributed by atoms with Crippen molar-refractivity contribution in [2.45, 2.75) is 40.0 Å². The summed E-state index contributed by atoms with van der Waals surface area (Å²) < 4.78 is 24.4. The van der Waals surface area contributed by atoms with E-state index in [1.54, 1.807) is 13.2 Å². The Hall–Kier alpha value is -1.29. The van der Waals surface area contributed by atoms with Crippen LogP contribution >= 0.6 is 0 Å². The molecule has 0 radical (unpaired) electrons. The minimum absolute atomic E-state index is 0.134. The van der Waals surface area contributed by atoms with Crippen molar-refractivity contribution in [3.63, 3.8) is 0 Å². The molecule has 21 heavy (non-hydrogen) atoms. The van der Waals surface area contributed by atoms with Gasteiger partial charge in [0.1, 0.15) is 5.82 Å². The highest BCUT2D eigenvalue weighted by molar-refractivity contribution is 5.43. The Balaban J connectivity index is 2.70. The molecule has 0 saturated carbocycles. The number of nitrogens with one attached hydrogen (secondary N) is 1. The van der Waals surface area contributed by atoms with Crippen LogP contribution in [0.2, 0.25) is 0 Å². The van der Waals surface area contributed by atoms with Crippen LogP contribution in [0.5, 0.6) is 11.5 Å². The number of methoxy groups -OCH3 is 2. The second kappa shape index (κ2) is 8.23. The van der Waals surface area contributed by atoms with Crippen molar-refractivity contribution in [3.05, 3.63) is 23.5 Å². The first-order valence-corrected chi connectivity index (χ1v) is 7.54. The molecule has 3 nitrogen and oxygen atoms in total. The fourth-order valence-electron chi connectivity index (χ4n) is 2.25. The zero-order valence-electron chi connectivity index (χ0n) is 13.9. The van der Waals surface area contributed by atoms with Crippen LogP contribution in [0.25, 0.3) is 0 Å². The van der Waals surface area contributed by atoms with Crippen molar-refractivity contribution in [1.82, 2.24) is 5.32 Å². The molecule has 1 aromatic rings. The Morgan fingerprint density at radius 1 is 1.14 bits per heavy atom. The van der Waals surface area contributed by atoms with E-state index < -0.39 is 0 Å². The number of hydrogen-bond donors (Lipinski definition) is 1. The maximum absolute atomic E-state index is 14.1. The summed E-state index contributed by atoms with van der Waals surface area (Å²) in [4.78, 5) is 0. The minimum Gasteiger partial charge on any atom is -0.493 e. The van der Waals surface area contributed by atoms with Crippen LogP contribution in [0, 0.1) is 11.2 Å². The highest BCUT2D eigenvalue weighted by Gasteiger charge is 2.19. The predicted octanol–water partition coefficient (Wildman–Crippen LogP) is 3.80. The molecule has 0 fully saturated rings. The summed E-state index contributed by atoms with van der Waals surface area (Å²) in [6.45, 7) is 8.52. The number of hydrogen-bond acceptors (Lipinski definition) is 3. The van der Waals surface area contributed by atoms with Gasteiger partial charge in [-0.25, -0.2) is 4.39 Å². The molecular formula is C17H28FNO2. The number of rotatable bonds is 9. The van der Waals surface area contributed by atoms with Gasteiger partial charge in [0.15, 0.2) is 11.5 Å². The molecule has 1 rings (SSSR count). The summed E-state index contributed by atoms with van der Waals surface area (Å²) >= 11 is 0. The van der Waals surface area contributed by atoms with Crippen molar-refractivity contribution in [2.75, 3.05) is 27.3 Å². The topological polar surface area (TPSA) is 30.5 Å². The van der Waals surface area contributed by atoms with Crippen molar-refractivity contribution in [3.8, 4) is 11.5 Å². The van der Waals surface area contributed by atoms with E-state index in [0.29, 0.717) is 23.5 Å². The molecule has 0 amide bonds. The molecule has 0 aromatic heterocycles. The van der Waals surface area contributed by atoms with Gasteiger partial charge in [-0.05, 0) is 42.9 Å². The van der Waals surface area contributed by atoms with Gasteiger partial charge >= 0.3 is 0 Å². The van der Waals surface area contributed by atoms with Crippen LogP contribution in [0.15, 0.2) is 12.1 Å². The third kappa shape index (κ3) is 5.54. The third-order valence-corrected chi connectivity index (χ3v) is 3.65. The van der Waals surface area contributed by atoms with E-state index in [0.717, 1.165) is 25.9 Å². The normalized spacial score (nSPS) is 11.5. The lowest BCUT2D eigenvalue weighted by atomic mass is 9.86. The minimum atomic E-state index is -0.232. The molecular weight excluding hydrogens is 269 g/mol. The van der Waals surface area contributed by atoms with Crippen LogP contribution < -0.4 is 14.8 Å². The summed E-state index contributed by atoms with van der Waals surface area (Å²) in [7, 11) is 3.08. The van der Waals surface area contributed by atoms with Gasteiger partial charge < -0.3 is 14.8 Å². The molecule has 0 aliphatic rings.